The van der Waals surface area contributed by atoms with Crippen molar-refractivity contribution >= 4 is 16.9 Å². The van der Waals surface area contributed by atoms with Crippen LogP contribution < -0.4 is 0 Å². The molecule has 0 aliphatic carbocycles. The zero-order valence-corrected chi connectivity index (χ0v) is 21.1. The second kappa shape index (κ2) is 10.0. The number of likely N-dealkylation sites (tertiary alicyclic amines) is 1. The molecule has 9 heteroatoms. The van der Waals surface area contributed by atoms with Gasteiger partial charge >= 0.3 is 12.2 Å². The number of piperidine rings is 1. The number of carbonyl (C=O) groups is 1. The number of amides is 2. The second-order valence-electron chi connectivity index (χ2n) is 10.3. The first kappa shape index (κ1) is 25.6. The van der Waals surface area contributed by atoms with Crippen molar-refractivity contribution in [2.24, 2.45) is 0 Å². The quantitative estimate of drug-likeness (QED) is 0.370. The van der Waals surface area contributed by atoms with Crippen molar-refractivity contribution in [2.45, 2.75) is 44.8 Å². The number of alkyl halides is 3. The molecule has 2 aliphatic heterocycles. The molecule has 3 aromatic rings. The van der Waals surface area contributed by atoms with E-state index in [-0.39, 0.29) is 23.8 Å². The minimum absolute atomic E-state index is 0.0963. The maximum absolute atomic E-state index is 13.5. The molecule has 0 radical (unpaired) electrons. The Morgan fingerprint density at radius 3 is 2.27 bits per heavy atom. The van der Waals surface area contributed by atoms with Crippen LogP contribution in [0.25, 0.3) is 16.6 Å². The lowest BCUT2D eigenvalue weighted by molar-refractivity contribution is -0.137. The molecule has 0 unspecified atom stereocenters. The molecule has 37 heavy (non-hydrogen) atoms. The van der Waals surface area contributed by atoms with Gasteiger partial charge in [-0.25, -0.2) is 9.18 Å². The molecule has 2 fully saturated rings. The predicted molar refractivity (Wildman–Crippen MR) is 135 cm³/mol. The Hall–Kier alpha value is -3.07. The first-order valence-corrected chi connectivity index (χ1v) is 12.9. The summed E-state index contributed by atoms with van der Waals surface area (Å²) in [5.74, 6) is -0.242. The van der Waals surface area contributed by atoms with Gasteiger partial charge in [-0.3, -0.25) is 0 Å². The largest absolute Gasteiger partial charge is 0.416 e. The number of halogens is 4. The van der Waals surface area contributed by atoms with Gasteiger partial charge in [-0.2, -0.15) is 13.2 Å². The van der Waals surface area contributed by atoms with Crippen molar-refractivity contribution in [1.82, 2.24) is 19.3 Å². The van der Waals surface area contributed by atoms with E-state index in [0.717, 1.165) is 57.2 Å². The van der Waals surface area contributed by atoms with Crippen LogP contribution in [0.4, 0.5) is 22.4 Å². The van der Waals surface area contributed by atoms with Crippen molar-refractivity contribution in [3.05, 3.63) is 65.6 Å². The van der Waals surface area contributed by atoms with E-state index >= 15 is 0 Å². The van der Waals surface area contributed by atoms with Crippen LogP contribution in [0.3, 0.4) is 0 Å². The molecule has 2 aromatic carbocycles. The smallest absolute Gasteiger partial charge is 0.322 e. The number of rotatable bonds is 6. The molecular formula is C28H32F4N4O. The third-order valence-corrected chi connectivity index (χ3v) is 7.73. The summed E-state index contributed by atoms with van der Waals surface area (Å²) in [7, 11) is 0. The monoisotopic (exact) mass is 516 g/mol. The van der Waals surface area contributed by atoms with E-state index in [9.17, 15) is 22.4 Å². The summed E-state index contributed by atoms with van der Waals surface area (Å²) in [5, 5.41) is 0.592. The van der Waals surface area contributed by atoms with Crippen LogP contribution in [-0.4, -0.2) is 70.6 Å². The van der Waals surface area contributed by atoms with Crippen molar-refractivity contribution in [3.8, 4) is 5.69 Å². The maximum Gasteiger partial charge on any atom is 0.416 e. The highest BCUT2D eigenvalue weighted by Gasteiger charge is 2.33. The van der Waals surface area contributed by atoms with Crippen LogP contribution in [0.5, 0.6) is 0 Å². The molecule has 198 valence electrons. The Morgan fingerprint density at radius 2 is 1.65 bits per heavy atom. The highest BCUT2D eigenvalue weighted by Crippen LogP contribution is 2.39. The molecule has 0 saturated carbocycles. The normalized spacial score (nSPS) is 18.1. The van der Waals surface area contributed by atoms with Crippen molar-refractivity contribution in [1.29, 1.82) is 0 Å². The topological polar surface area (TPSA) is 31.7 Å². The molecule has 1 aromatic heterocycles. The molecule has 2 amide bonds. The van der Waals surface area contributed by atoms with Crippen LogP contribution in [0, 0.1) is 5.82 Å². The van der Waals surface area contributed by atoms with Crippen molar-refractivity contribution < 1.29 is 22.4 Å². The lowest BCUT2D eigenvalue weighted by Crippen LogP contribution is -2.41. The number of hydrogen-bond acceptors (Lipinski definition) is 2. The van der Waals surface area contributed by atoms with E-state index in [0.29, 0.717) is 23.1 Å². The highest BCUT2D eigenvalue weighted by molar-refractivity contribution is 5.87. The molecule has 0 atom stereocenters. The minimum Gasteiger partial charge on any atom is -0.322 e. The number of hydrogen-bond donors (Lipinski definition) is 0. The van der Waals surface area contributed by atoms with Gasteiger partial charge in [-0.15, -0.1) is 0 Å². The summed E-state index contributed by atoms with van der Waals surface area (Å²) < 4.78 is 56.0. The number of nitrogens with zero attached hydrogens (tertiary/aromatic N) is 4. The Bertz CT molecular complexity index is 1260. The molecule has 0 spiro atoms. The van der Waals surface area contributed by atoms with Gasteiger partial charge in [0.15, 0.2) is 0 Å². The molecule has 5 nitrogen and oxygen atoms in total. The zero-order valence-electron chi connectivity index (χ0n) is 21.1. The zero-order chi connectivity index (χ0) is 26.3. The average molecular weight is 517 g/mol. The Morgan fingerprint density at radius 1 is 0.946 bits per heavy atom. The fourth-order valence-electron chi connectivity index (χ4n) is 5.59. The summed E-state index contributed by atoms with van der Waals surface area (Å²) in [5.41, 5.74) is 1.62. The van der Waals surface area contributed by atoms with E-state index in [4.69, 9.17) is 0 Å². The Balaban J connectivity index is 1.33. The van der Waals surface area contributed by atoms with E-state index in [2.05, 4.69) is 4.90 Å². The molecule has 2 aliphatic rings. The highest BCUT2D eigenvalue weighted by atomic mass is 19.4. The summed E-state index contributed by atoms with van der Waals surface area (Å²) in [6.45, 7) is 8.68. The van der Waals surface area contributed by atoms with Crippen molar-refractivity contribution in [2.75, 3.05) is 39.3 Å². The van der Waals surface area contributed by atoms with Gasteiger partial charge in [0.2, 0.25) is 0 Å². The van der Waals surface area contributed by atoms with Gasteiger partial charge in [0.1, 0.15) is 5.82 Å². The summed E-state index contributed by atoms with van der Waals surface area (Å²) in [6, 6.07) is 10.1. The molecule has 0 bridgehead atoms. The SMILES string of the molecule is CC(C)N1CCN(CCN2CCC(c3cn(-c4ccc(F)cc4)c4ccc(C(F)(F)F)cc34)CC2)C1=O. The van der Waals surface area contributed by atoms with Gasteiger partial charge in [0, 0.05) is 49.5 Å². The van der Waals surface area contributed by atoms with Crippen LogP contribution >= 0.6 is 0 Å². The van der Waals surface area contributed by atoms with Gasteiger partial charge in [0.05, 0.1) is 11.1 Å². The molecule has 5 rings (SSSR count). The van der Waals surface area contributed by atoms with Gasteiger partial charge in [-0.1, -0.05) is 0 Å². The number of benzene rings is 2. The Labute approximate surface area is 214 Å². The number of carbonyl (C=O) groups excluding carboxylic acids is 1. The predicted octanol–water partition coefficient (Wildman–Crippen LogP) is 6.11. The van der Waals surface area contributed by atoms with Crippen molar-refractivity contribution in [3.63, 3.8) is 0 Å². The summed E-state index contributed by atoms with van der Waals surface area (Å²) in [4.78, 5) is 18.7. The van der Waals surface area contributed by atoms with E-state index in [1.165, 1.54) is 24.3 Å². The fraction of sp³-hybridized carbons (Fsp3) is 0.464. The van der Waals surface area contributed by atoms with Crippen LogP contribution in [0.1, 0.15) is 43.7 Å². The lowest BCUT2D eigenvalue weighted by atomic mass is 9.89. The number of aromatic nitrogens is 1. The van der Waals surface area contributed by atoms with Crippen LogP contribution in [-0.2, 0) is 6.18 Å². The molecular weight excluding hydrogens is 484 g/mol. The minimum atomic E-state index is -4.43. The lowest BCUT2D eigenvalue weighted by Gasteiger charge is -2.33. The first-order chi connectivity index (χ1) is 17.6. The van der Waals surface area contributed by atoms with E-state index in [1.807, 2.05) is 34.4 Å². The first-order valence-electron chi connectivity index (χ1n) is 12.9. The third kappa shape index (κ3) is 5.19. The average Bonchev–Trinajstić information content (AvgIpc) is 3.43. The summed E-state index contributed by atoms with van der Waals surface area (Å²) >= 11 is 0. The second-order valence-corrected chi connectivity index (χ2v) is 10.3. The standard InChI is InChI=1S/C28H32F4N4O/c1-19(2)35-16-15-34(27(35)37)14-13-33-11-9-20(10-12-33)25-18-36(23-6-4-22(29)5-7-23)26-8-3-21(17-24(25)26)28(30,31)32/h3-8,17-20H,9-16H2,1-2H3. The Kier molecular flexibility index (Phi) is 6.91. The van der Waals surface area contributed by atoms with Crippen LogP contribution in [0.15, 0.2) is 48.7 Å². The third-order valence-electron chi connectivity index (χ3n) is 7.73. The van der Waals surface area contributed by atoms with E-state index < -0.39 is 11.7 Å². The fourth-order valence-corrected chi connectivity index (χ4v) is 5.59. The van der Waals surface area contributed by atoms with Gasteiger partial charge < -0.3 is 19.3 Å². The maximum atomic E-state index is 13.5. The number of urea groups is 1. The molecule has 0 N–H and O–H groups in total. The van der Waals surface area contributed by atoms with Gasteiger partial charge in [-0.05, 0) is 93.7 Å². The molecule has 2 saturated heterocycles. The summed E-state index contributed by atoms with van der Waals surface area (Å²) in [6.07, 6.45) is -0.859. The van der Waals surface area contributed by atoms with E-state index in [1.54, 1.807) is 12.1 Å². The van der Waals surface area contributed by atoms with Gasteiger partial charge in [0.25, 0.3) is 0 Å². The molecule has 3 heterocycles. The van der Waals surface area contributed by atoms with Crippen LogP contribution in [0.2, 0.25) is 0 Å². The number of fused-ring (bicyclic) bond motifs is 1.